The Kier molecular flexibility index (Phi) is 5.70. The summed E-state index contributed by atoms with van der Waals surface area (Å²) in [5.41, 5.74) is 0.0403. The van der Waals surface area contributed by atoms with Gasteiger partial charge in [-0.2, -0.15) is 0 Å². The molecule has 0 radical (unpaired) electrons. The molecule has 1 aliphatic rings. The Morgan fingerprint density at radius 1 is 1.39 bits per heavy atom. The fourth-order valence-electron chi connectivity index (χ4n) is 2.17. The summed E-state index contributed by atoms with van der Waals surface area (Å²) in [6.45, 7) is 5.72. The van der Waals surface area contributed by atoms with Gasteiger partial charge in [-0.3, -0.25) is 10.1 Å². The first-order valence-corrected chi connectivity index (χ1v) is 6.45. The predicted molar refractivity (Wildman–Crippen MR) is 70.6 cm³/mol. The lowest BCUT2D eigenvalue weighted by Gasteiger charge is -2.21. The Morgan fingerprint density at radius 3 is 2.50 bits per heavy atom. The summed E-state index contributed by atoms with van der Waals surface area (Å²) < 4.78 is 5.20. The lowest BCUT2D eigenvalue weighted by atomic mass is 9.92. The summed E-state index contributed by atoms with van der Waals surface area (Å²) in [4.78, 5) is 11.1. The van der Waals surface area contributed by atoms with Crippen LogP contribution in [-0.2, 0) is 4.74 Å². The first-order valence-electron chi connectivity index (χ1n) is 6.45. The highest BCUT2D eigenvalue weighted by Gasteiger charge is 2.43. The Morgan fingerprint density at radius 2 is 2.00 bits per heavy atom. The molecule has 1 saturated carbocycles. The average Bonchev–Trinajstić information content (AvgIpc) is 2.54. The fourth-order valence-corrected chi connectivity index (χ4v) is 2.17. The Hall–Kier alpha value is -1.50. The summed E-state index contributed by atoms with van der Waals surface area (Å²) in [5.74, 6) is 2.80. The van der Waals surface area contributed by atoms with Crippen LogP contribution < -0.4 is 0 Å². The van der Waals surface area contributed by atoms with Gasteiger partial charge in [0.15, 0.2) is 6.61 Å². The monoisotopic (exact) mass is 251 g/mol. The Labute approximate surface area is 109 Å². The summed E-state index contributed by atoms with van der Waals surface area (Å²) in [6, 6.07) is 0. The number of ether oxygens (including phenoxy) is 1. The van der Waals surface area contributed by atoms with Crippen molar-refractivity contribution in [3.8, 4) is 12.0 Å². The number of hydrogen-bond acceptors (Lipinski definition) is 3. The lowest BCUT2D eigenvalue weighted by molar-refractivity contribution is -0.575. The lowest BCUT2D eigenvalue weighted by Crippen LogP contribution is -2.42. The summed E-state index contributed by atoms with van der Waals surface area (Å²) in [7, 11) is 0. The van der Waals surface area contributed by atoms with Gasteiger partial charge in [-0.1, -0.05) is 30.9 Å². The molecular formula is C14H21NO3. The SMILES string of the molecule is C=C(C)CC#COCC1([N+](=O)[O-])CCCCCC1. The summed E-state index contributed by atoms with van der Waals surface area (Å²) in [5, 5.41) is 11.3. The van der Waals surface area contributed by atoms with Crippen molar-refractivity contribution in [3.63, 3.8) is 0 Å². The van der Waals surface area contributed by atoms with Crippen molar-refractivity contribution in [2.75, 3.05) is 6.61 Å². The van der Waals surface area contributed by atoms with E-state index >= 15 is 0 Å². The zero-order valence-corrected chi connectivity index (χ0v) is 11.0. The van der Waals surface area contributed by atoms with E-state index in [1.807, 2.05) is 6.92 Å². The van der Waals surface area contributed by atoms with Crippen molar-refractivity contribution in [3.05, 3.63) is 22.3 Å². The second-order valence-electron chi connectivity index (χ2n) is 5.10. The Bertz CT molecular complexity index is 357. The van der Waals surface area contributed by atoms with Crippen molar-refractivity contribution in [2.45, 2.75) is 57.4 Å². The zero-order chi connectivity index (χ0) is 13.4. The Balaban J connectivity index is 2.53. The third-order valence-electron chi connectivity index (χ3n) is 3.30. The van der Waals surface area contributed by atoms with Gasteiger partial charge >= 0.3 is 0 Å². The minimum atomic E-state index is -0.922. The van der Waals surface area contributed by atoms with E-state index in [0.29, 0.717) is 19.3 Å². The van der Waals surface area contributed by atoms with Crippen LogP contribution in [0.3, 0.4) is 0 Å². The van der Waals surface area contributed by atoms with E-state index in [1.165, 1.54) is 0 Å². The van der Waals surface area contributed by atoms with Crippen molar-refractivity contribution < 1.29 is 9.66 Å². The molecule has 0 unspecified atom stereocenters. The number of rotatable bonds is 4. The van der Waals surface area contributed by atoms with E-state index in [9.17, 15) is 10.1 Å². The zero-order valence-electron chi connectivity index (χ0n) is 11.0. The maximum absolute atomic E-state index is 11.3. The van der Waals surface area contributed by atoms with Gasteiger partial charge in [0.05, 0.1) is 0 Å². The molecule has 1 rings (SSSR count). The van der Waals surface area contributed by atoms with E-state index < -0.39 is 5.54 Å². The molecule has 0 N–H and O–H groups in total. The van der Waals surface area contributed by atoms with Crippen LogP contribution in [0.2, 0.25) is 0 Å². The molecule has 0 amide bonds. The number of nitrogens with zero attached hydrogens (tertiary/aromatic N) is 1. The van der Waals surface area contributed by atoms with Gasteiger partial charge in [-0.05, 0) is 19.8 Å². The van der Waals surface area contributed by atoms with Gasteiger partial charge in [-0.15, -0.1) is 0 Å². The van der Waals surface area contributed by atoms with Gasteiger partial charge in [0.2, 0.25) is 0 Å². The van der Waals surface area contributed by atoms with Crippen LogP contribution in [-0.4, -0.2) is 17.1 Å². The molecule has 0 aromatic heterocycles. The van der Waals surface area contributed by atoms with E-state index in [0.717, 1.165) is 31.3 Å². The van der Waals surface area contributed by atoms with Gasteiger partial charge in [0.1, 0.15) is 6.11 Å². The molecule has 4 nitrogen and oxygen atoms in total. The van der Waals surface area contributed by atoms with Crippen LogP contribution >= 0.6 is 0 Å². The van der Waals surface area contributed by atoms with Crippen LogP contribution in [0.4, 0.5) is 0 Å². The molecule has 0 aromatic rings. The standard InChI is InChI=1S/C14H21NO3/c1-13(2)8-7-11-18-12-14(15(16)17)9-5-3-4-6-10-14/h1,3-6,8-10,12H2,2H3. The molecular weight excluding hydrogens is 230 g/mol. The molecule has 1 fully saturated rings. The van der Waals surface area contributed by atoms with Crippen LogP contribution in [0.25, 0.3) is 0 Å². The summed E-state index contributed by atoms with van der Waals surface area (Å²) in [6.07, 6.45) is 8.30. The minimum Gasteiger partial charge on any atom is -0.439 e. The molecule has 0 aromatic carbocycles. The first-order chi connectivity index (χ1) is 8.57. The van der Waals surface area contributed by atoms with Crippen molar-refractivity contribution >= 4 is 0 Å². The molecule has 0 heterocycles. The smallest absolute Gasteiger partial charge is 0.256 e. The second-order valence-corrected chi connectivity index (χ2v) is 5.10. The number of allylic oxidation sites excluding steroid dienone is 1. The summed E-state index contributed by atoms with van der Waals surface area (Å²) >= 11 is 0. The average molecular weight is 251 g/mol. The van der Waals surface area contributed by atoms with Gasteiger partial charge in [0.25, 0.3) is 5.54 Å². The molecule has 100 valence electrons. The highest BCUT2D eigenvalue weighted by Crippen LogP contribution is 2.30. The van der Waals surface area contributed by atoms with Gasteiger partial charge < -0.3 is 4.74 Å². The van der Waals surface area contributed by atoms with E-state index in [-0.39, 0.29) is 11.5 Å². The van der Waals surface area contributed by atoms with E-state index in [2.05, 4.69) is 18.6 Å². The molecule has 0 saturated heterocycles. The van der Waals surface area contributed by atoms with Crippen LogP contribution in [0.1, 0.15) is 51.9 Å². The molecule has 0 aliphatic heterocycles. The van der Waals surface area contributed by atoms with E-state index in [4.69, 9.17) is 4.74 Å². The van der Waals surface area contributed by atoms with Crippen LogP contribution in [0.5, 0.6) is 0 Å². The quantitative estimate of drug-likeness (QED) is 0.253. The van der Waals surface area contributed by atoms with Crippen molar-refractivity contribution in [1.29, 1.82) is 0 Å². The number of nitro groups is 1. The first kappa shape index (κ1) is 14.6. The van der Waals surface area contributed by atoms with Crippen molar-refractivity contribution in [2.24, 2.45) is 0 Å². The second kappa shape index (κ2) is 7.05. The molecule has 0 bridgehead atoms. The topological polar surface area (TPSA) is 52.4 Å². The van der Waals surface area contributed by atoms with Crippen LogP contribution in [0.15, 0.2) is 12.2 Å². The molecule has 4 heteroatoms. The fraction of sp³-hybridized carbons (Fsp3) is 0.714. The normalized spacial score (nSPS) is 18.1. The third kappa shape index (κ3) is 4.40. The molecule has 0 spiro atoms. The predicted octanol–water partition coefficient (Wildman–Crippen LogP) is 3.30. The largest absolute Gasteiger partial charge is 0.439 e. The highest BCUT2D eigenvalue weighted by molar-refractivity contribution is 5.05. The van der Waals surface area contributed by atoms with E-state index in [1.54, 1.807) is 0 Å². The maximum Gasteiger partial charge on any atom is 0.256 e. The van der Waals surface area contributed by atoms with Crippen LogP contribution in [0, 0.1) is 22.1 Å². The third-order valence-corrected chi connectivity index (χ3v) is 3.30. The number of hydrogen-bond donors (Lipinski definition) is 0. The maximum atomic E-state index is 11.3. The molecule has 18 heavy (non-hydrogen) atoms. The minimum absolute atomic E-state index is 0.100. The van der Waals surface area contributed by atoms with Crippen molar-refractivity contribution in [1.82, 2.24) is 0 Å². The molecule has 0 atom stereocenters. The molecule has 1 aliphatic carbocycles. The van der Waals surface area contributed by atoms with Gasteiger partial charge in [0, 0.05) is 24.2 Å². The van der Waals surface area contributed by atoms with Gasteiger partial charge in [-0.25, -0.2) is 0 Å². The highest BCUT2D eigenvalue weighted by atomic mass is 16.6.